The fraction of sp³-hybridized carbons (Fsp3) is 0.643. The SMILES string of the molecule is CCCCCCC[n+]1ccc(CC)cc1.[Cl-]. The van der Waals surface area contributed by atoms with Crippen molar-refractivity contribution in [3.8, 4) is 0 Å². The monoisotopic (exact) mass is 241 g/mol. The van der Waals surface area contributed by atoms with Crippen molar-refractivity contribution in [1.82, 2.24) is 0 Å². The van der Waals surface area contributed by atoms with Gasteiger partial charge in [-0.3, -0.25) is 0 Å². The lowest BCUT2D eigenvalue weighted by atomic mass is 10.1. The number of unbranched alkanes of at least 4 members (excludes halogenated alkanes) is 4. The molecular formula is C14H24ClN. The molecule has 1 nitrogen and oxygen atoms in total. The summed E-state index contributed by atoms with van der Waals surface area (Å²) in [6, 6.07) is 4.46. The highest BCUT2D eigenvalue weighted by atomic mass is 35.5. The van der Waals surface area contributed by atoms with Crippen molar-refractivity contribution in [2.24, 2.45) is 0 Å². The molecule has 0 aliphatic carbocycles. The Morgan fingerprint density at radius 2 is 1.56 bits per heavy atom. The van der Waals surface area contributed by atoms with Crippen molar-refractivity contribution in [3.05, 3.63) is 30.1 Å². The van der Waals surface area contributed by atoms with Crippen LogP contribution in [-0.2, 0) is 13.0 Å². The van der Waals surface area contributed by atoms with Crippen molar-refractivity contribution < 1.29 is 17.0 Å². The van der Waals surface area contributed by atoms with E-state index in [4.69, 9.17) is 0 Å². The predicted octanol–water partition coefficient (Wildman–Crippen LogP) is 0.511. The van der Waals surface area contributed by atoms with E-state index in [2.05, 4.69) is 42.9 Å². The van der Waals surface area contributed by atoms with Crippen LogP contribution >= 0.6 is 0 Å². The van der Waals surface area contributed by atoms with E-state index in [0.717, 1.165) is 6.42 Å². The van der Waals surface area contributed by atoms with E-state index in [1.165, 1.54) is 44.2 Å². The molecule has 0 aliphatic heterocycles. The molecule has 0 atom stereocenters. The van der Waals surface area contributed by atoms with Crippen LogP contribution in [0.15, 0.2) is 24.5 Å². The molecule has 1 heterocycles. The smallest absolute Gasteiger partial charge is 0.169 e. The molecule has 0 saturated carbocycles. The van der Waals surface area contributed by atoms with Crippen molar-refractivity contribution in [2.75, 3.05) is 0 Å². The third-order valence-electron chi connectivity index (χ3n) is 2.89. The molecule has 0 fully saturated rings. The summed E-state index contributed by atoms with van der Waals surface area (Å²) >= 11 is 0. The molecule has 0 spiro atoms. The van der Waals surface area contributed by atoms with E-state index in [1.807, 2.05) is 0 Å². The Hall–Kier alpha value is -0.560. The summed E-state index contributed by atoms with van der Waals surface area (Å²) in [5, 5.41) is 0. The van der Waals surface area contributed by atoms with Gasteiger partial charge < -0.3 is 12.4 Å². The first-order chi connectivity index (χ1) is 7.36. The molecule has 0 unspecified atom stereocenters. The maximum atomic E-state index is 2.30. The van der Waals surface area contributed by atoms with E-state index in [0.29, 0.717) is 0 Å². The third kappa shape index (κ3) is 6.12. The number of aryl methyl sites for hydroxylation is 2. The second-order valence-corrected chi connectivity index (χ2v) is 4.21. The molecule has 0 saturated heterocycles. The van der Waals surface area contributed by atoms with Gasteiger partial charge in [-0.15, -0.1) is 0 Å². The van der Waals surface area contributed by atoms with Crippen LogP contribution in [0.25, 0.3) is 0 Å². The first-order valence-electron chi connectivity index (χ1n) is 6.34. The highest BCUT2D eigenvalue weighted by Gasteiger charge is 1.99. The van der Waals surface area contributed by atoms with Gasteiger partial charge in [0.05, 0.1) is 0 Å². The number of halogens is 1. The lowest BCUT2D eigenvalue weighted by molar-refractivity contribution is -0.697. The van der Waals surface area contributed by atoms with Crippen LogP contribution in [0, 0.1) is 0 Å². The fourth-order valence-electron chi connectivity index (χ4n) is 1.77. The average Bonchev–Trinajstić information content (AvgIpc) is 2.30. The molecule has 1 aromatic rings. The highest BCUT2D eigenvalue weighted by molar-refractivity contribution is 5.06. The van der Waals surface area contributed by atoms with Crippen LogP contribution in [-0.4, -0.2) is 0 Å². The van der Waals surface area contributed by atoms with Gasteiger partial charge in [-0.1, -0.05) is 33.1 Å². The molecule has 0 aliphatic rings. The zero-order chi connectivity index (χ0) is 10.9. The lowest BCUT2D eigenvalue weighted by Gasteiger charge is -1.99. The number of nitrogens with zero attached hydrogens (tertiary/aromatic N) is 1. The summed E-state index contributed by atoms with van der Waals surface area (Å²) in [4.78, 5) is 0. The molecule has 0 N–H and O–H groups in total. The number of pyridine rings is 1. The second-order valence-electron chi connectivity index (χ2n) is 4.21. The fourth-order valence-corrected chi connectivity index (χ4v) is 1.77. The molecule has 1 aromatic heterocycles. The van der Waals surface area contributed by atoms with Crippen molar-refractivity contribution in [2.45, 2.75) is 58.9 Å². The molecule has 0 radical (unpaired) electrons. The number of hydrogen-bond acceptors (Lipinski definition) is 0. The summed E-state index contributed by atoms with van der Waals surface area (Å²) in [5.74, 6) is 0. The van der Waals surface area contributed by atoms with Gasteiger partial charge in [0, 0.05) is 18.6 Å². The van der Waals surface area contributed by atoms with Crippen molar-refractivity contribution in [1.29, 1.82) is 0 Å². The maximum Gasteiger partial charge on any atom is 0.169 e. The van der Waals surface area contributed by atoms with Gasteiger partial charge in [-0.05, 0) is 18.4 Å². The van der Waals surface area contributed by atoms with Gasteiger partial charge in [0.1, 0.15) is 6.54 Å². The average molecular weight is 242 g/mol. The minimum atomic E-state index is 0. The number of rotatable bonds is 7. The van der Waals surface area contributed by atoms with E-state index in [1.54, 1.807) is 0 Å². The second kappa shape index (κ2) is 9.65. The zero-order valence-electron chi connectivity index (χ0n) is 10.6. The topological polar surface area (TPSA) is 3.88 Å². The van der Waals surface area contributed by atoms with Gasteiger partial charge in [0.25, 0.3) is 0 Å². The third-order valence-corrected chi connectivity index (χ3v) is 2.89. The molecule has 2 heteroatoms. The predicted molar refractivity (Wildman–Crippen MR) is 64.8 cm³/mol. The van der Waals surface area contributed by atoms with Gasteiger partial charge in [-0.2, -0.15) is 0 Å². The Morgan fingerprint density at radius 1 is 0.938 bits per heavy atom. The van der Waals surface area contributed by atoms with E-state index in [9.17, 15) is 0 Å². The molecule has 92 valence electrons. The molecular weight excluding hydrogens is 218 g/mol. The quantitative estimate of drug-likeness (QED) is 0.484. The van der Waals surface area contributed by atoms with E-state index >= 15 is 0 Å². The normalized spacial score (nSPS) is 9.88. The lowest BCUT2D eigenvalue weighted by Crippen LogP contribution is -3.00. The Labute approximate surface area is 106 Å². The Morgan fingerprint density at radius 3 is 2.12 bits per heavy atom. The maximum absolute atomic E-state index is 2.30. The zero-order valence-corrected chi connectivity index (χ0v) is 11.3. The molecule has 0 bridgehead atoms. The van der Waals surface area contributed by atoms with Gasteiger partial charge in [0.15, 0.2) is 12.4 Å². The van der Waals surface area contributed by atoms with Crippen molar-refractivity contribution >= 4 is 0 Å². The number of hydrogen-bond donors (Lipinski definition) is 0. The summed E-state index contributed by atoms with van der Waals surface area (Å²) in [7, 11) is 0. The van der Waals surface area contributed by atoms with Crippen LogP contribution in [0.5, 0.6) is 0 Å². The summed E-state index contributed by atoms with van der Waals surface area (Å²) < 4.78 is 2.30. The van der Waals surface area contributed by atoms with Gasteiger partial charge in [-0.25, -0.2) is 4.57 Å². The largest absolute Gasteiger partial charge is 1.00 e. The van der Waals surface area contributed by atoms with Crippen molar-refractivity contribution in [3.63, 3.8) is 0 Å². The molecule has 1 rings (SSSR count). The summed E-state index contributed by atoms with van der Waals surface area (Å²) in [5.41, 5.74) is 1.43. The van der Waals surface area contributed by atoms with Crippen LogP contribution < -0.4 is 17.0 Å². The number of aromatic nitrogens is 1. The first-order valence-corrected chi connectivity index (χ1v) is 6.34. The standard InChI is InChI=1S/C14H24N.ClH/c1-3-5-6-7-8-11-15-12-9-14(4-2)10-13-15;/h9-10,12-13H,3-8,11H2,1-2H3;1H/q+1;/p-1. The van der Waals surface area contributed by atoms with E-state index < -0.39 is 0 Å². The van der Waals surface area contributed by atoms with Crippen LogP contribution in [0.1, 0.15) is 51.5 Å². The van der Waals surface area contributed by atoms with Crippen LogP contribution in [0.2, 0.25) is 0 Å². The van der Waals surface area contributed by atoms with Gasteiger partial charge >= 0.3 is 0 Å². The first kappa shape index (κ1) is 15.4. The minimum Gasteiger partial charge on any atom is -1.00 e. The summed E-state index contributed by atoms with van der Waals surface area (Å²) in [6.07, 6.45) is 12.4. The van der Waals surface area contributed by atoms with Crippen LogP contribution in [0.4, 0.5) is 0 Å². The molecule has 16 heavy (non-hydrogen) atoms. The Kier molecular flexibility index (Phi) is 9.31. The Balaban J connectivity index is 0.00000225. The summed E-state index contributed by atoms with van der Waals surface area (Å²) in [6.45, 7) is 5.64. The van der Waals surface area contributed by atoms with E-state index in [-0.39, 0.29) is 12.4 Å². The molecule has 0 amide bonds. The van der Waals surface area contributed by atoms with Gasteiger partial charge in [0.2, 0.25) is 0 Å². The minimum absolute atomic E-state index is 0. The van der Waals surface area contributed by atoms with Crippen LogP contribution in [0.3, 0.4) is 0 Å². The highest BCUT2D eigenvalue weighted by Crippen LogP contribution is 2.02. The molecule has 0 aromatic carbocycles. The Bertz CT molecular complexity index is 256.